The number of rotatable bonds is 4. The fourth-order valence-electron chi connectivity index (χ4n) is 3.42. The minimum absolute atomic E-state index is 0.239. The van der Waals surface area contributed by atoms with Gasteiger partial charge in [-0.05, 0) is 18.2 Å². The number of alkyl halides is 3. The van der Waals surface area contributed by atoms with E-state index in [9.17, 15) is 17.6 Å². The second-order valence-electron chi connectivity index (χ2n) is 6.63. The van der Waals surface area contributed by atoms with Gasteiger partial charge >= 0.3 is 6.18 Å². The SMILES string of the molecule is Fc1ccc(C[NH+]2CC[NH+](Cc3ccccc3C(F)(F)F)CC2)cc1. The summed E-state index contributed by atoms with van der Waals surface area (Å²) in [5.74, 6) is -0.239. The van der Waals surface area contributed by atoms with E-state index in [4.69, 9.17) is 0 Å². The third kappa shape index (κ3) is 4.80. The zero-order chi connectivity index (χ0) is 17.9. The number of hydrogen-bond donors (Lipinski definition) is 2. The van der Waals surface area contributed by atoms with E-state index in [1.54, 1.807) is 24.3 Å². The molecule has 0 bridgehead atoms. The van der Waals surface area contributed by atoms with Crippen molar-refractivity contribution in [1.29, 1.82) is 0 Å². The summed E-state index contributed by atoms with van der Waals surface area (Å²) >= 11 is 0. The highest BCUT2D eigenvalue weighted by Gasteiger charge is 2.34. The van der Waals surface area contributed by atoms with Crippen molar-refractivity contribution in [2.24, 2.45) is 0 Å². The van der Waals surface area contributed by atoms with Crippen molar-refractivity contribution in [2.75, 3.05) is 26.2 Å². The van der Waals surface area contributed by atoms with E-state index in [1.165, 1.54) is 28.0 Å². The molecule has 1 aliphatic heterocycles. The van der Waals surface area contributed by atoms with Crippen molar-refractivity contribution in [3.05, 3.63) is 71.0 Å². The highest BCUT2D eigenvalue weighted by Crippen LogP contribution is 2.31. The molecule has 0 aromatic heterocycles. The number of benzene rings is 2. The largest absolute Gasteiger partial charge is 0.416 e. The zero-order valence-corrected chi connectivity index (χ0v) is 13.9. The van der Waals surface area contributed by atoms with Crippen molar-refractivity contribution in [1.82, 2.24) is 0 Å². The minimum Gasteiger partial charge on any atom is -0.322 e. The average molecular weight is 354 g/mol. The van der Waals surface area contributed by atoms with Crippen molar-refractivity contribution in [3.63, 3.8) is 0 Å². The summed E-state index contributed by atoms with van der Waals surface area (Å²) in [6.45, 7) is 4.71. The van der Waals surface area contributed by atoms with Crippen LogP contribution in [0.1, 0.15) is 16.7 Å². The molecule has 1 fully saturated rings. The Hall–Kier alpha value is -1.92. The maximum Gasteiger partial charge on any atom is 0.416 e. The molecule has 0 amide bonds. The molecule has 1 heterocycles. The van der Waals surface area contributed by atoms with Gasteiger partial charge in [0.25, 0.3) is 0 Å². The molecule has 3 rings (SSSR count). The lowest BCUT2D eigenvalue weighted by molar-refractivity contribution is -1.02. The van der Waals surface area contributed by atoms with Crippen LogP contribution in [-0.2, 0) is 19.3 Å². The molecule has 2 N–H and O–H groups in total. The summed E-state index contributed by atoms with van der Waals surface area (Å²) in [6, 6.07) is 12.3. The number of hydrogen-bond acceptors (Lipinski definition) is 0. The van der Waals surface area contributed by atoms with E-state index in [0.717, 1.165) is 44.4 Å². The number of nitrogens with one attached hydrogen (secondary N) is 2. The fraction of sp³-hybridized carbons (Fsp3) is 0.368. The van der Waals surface area contributed by atoms with Crippen LogP contribution in [-0.4, -0.2) is 26.2 Å². The Morgan fingerprint density at radius 1 is 0.760 bits per heavy atom. The second kappa shape index (κ2) is 7.54. The van der Waals surface area contributed by atoms with Gasteiger partial charge in [-0.25, -0.2) is 4.39 Å². The molecule has 2 aromatic rings. The van der Waals surface area contributed by atoms with Crippen molar-refractivity contribution in [2.45, 2.75) is 19.3 Å². The molecule has 0 unspecified atom stereocenters. The number of halogens is 4. The highest BCUT2D eigenvalue weighted by molar-refractivity contribution is 5.28. The average Bonchev–Trinajstić information content (AvgIpc) is 2.58. The van der Waals surface area contributed by atoms with E-state index >= 15 is 0 Å². The molecule has 1 aliphatic rings. The fourth-order valence-corrected chi connectivity index (χ4v) is 3.42. The summed E-state index contributed by atoms with van der Waals surface area (Å²) in [5, 5.41) is 0. The Morgan fingerprint density at radius 3 is 1.92 bits per heavy atom. The first-order chi connectivity index (χ1) is 11.9. The molecule has 2 nitrogen and oxygen atoms in total. The van der Waals surface area contributed by atoms with Crippen LogP contribution in [0.15, 0.2) is 48.5 Å². The molecule has 0 spiro atoms. The van der Waals surface area contributed by atoms with E-state index in [-0.39, 0.29) is 5.82 Å². The van der Waals surface area contributed by atoms with Crippen molar-refractivity contribution in [3.8, 4) is 0 Å². The Balaban J connectivity index is 1.56. The molecule has 0 saturated carbocycles. The van der Waals surface area contributed by atoms with Gasteiger partial charge in [0.15, 0.2) is 0 Å². The van der Waals surface area contributed by atoms with E-state index in [0.29, 0.717) is 12.1 Å². The highest BCUT2D eigenvalue weighted by atomic mass is 19.4. The van der Waals surface area contributed by atoms with Crippen LogP contribution in [0.5, 0.6) is 0 Å². The van der Waals surface area contributed by atoms with Gasteiger partial charge in [0, 0.05) is 11.1 Å². The van der Waals surface area contributed by atoms with Gasteiger partial charge in [-0.3, -0.25) is 0 Å². The molecule has 1 saturated heterocycles. The molecule has 2 aromatic carbocycles. The second-order valence-corrected chi connectivity index (χ2v) is 6.63. The Kier molecular flexibility index (Phi) is 5.39. The summed E-state index contributed by atoms with van der Waals surface area (Å²) in [7, 11) is 0. The monoisotopic (exact) mass is 354 g/mol. The van der Waals surface area contributed by atoms with Gasteiger partial charge in [-0.1, -0.05) is 30.3 Å². The first kappa shape index (κ1) is 17.9. The van der Waals surface area contributed by atoms with Crippen molar-refractivity contribution < 1.29 is 27.4 Å². The van der Waals surface area contributed by atoms with Crippen LogP contribution < -0.4 is 9.80 Å². The summed E-state index contributed by atoms with van der Waals surface area (Å²) in [5.41, 5.74) is 0.929. The molecular formula is C19H22F4N2+2. The molecule has 6 heteroatoms. The predicted molar refractivity (Wildman–Crippen MR) is 86.6 cm³/mol. The molecule has 0 aliphatic carbocycles. The lowest BCUT2D eigenvalue weighted by Gasteiger charge is -2.30. The topological polar surface area (TPSA) is 8.88 Å². The first-order valence-corrected chi connectivity index (χ1v) is 8.48. The van der Waals surface area contributed by atoms with E-state index in [2.05, 4.69) is 0 Å². The predicted octanol–water partition coefficient (Wildman–Crippen LogP) is 1.33. The molecule has 0 radical (unpaired) electrons. The van der Waals surface area contributed by atoms with E-state index < -0.39 is 11.7 Å². The van der Waals surface area contributed by atoms with Crippen LogP contribution in [0, 0.1) is 5.82 Å². The molecule has 0 atom stereocenters. The van der Waals surface area contributed by atoms with Gasteiger partial charge < -0.3 is 9.80 Å². The Labute approximate surface area is 144 Å². The van der Waals surface area contributed by atoms with Crippen LogP contribution in [0.4, 0.5) is 17.6 Å². The van der Waals surface area contributed by atoms with Gasteiger partial charge in [0.1, 0.15) is 45.1 Å². The summed E-state index contributed by atoms with van der Waals surface area (Å²) < 4.78 is 52.2. The van der Waals surface area contributed by atoms with Gasteiger partial charge in [0.05, 0.1) is 5.56 Å². The summed E-state index contributed by atoms with van der Waals surface area (Å²) in [6.07, 6.45) is -4.30. The van der Waals surface area contributed by atoms with Crippen LogP contribution in [0.25, 0.3) is 0 Å². The Morgan fingerprint density at radius 2 is 1.32 bits per heavy atom. The third-order valence-electron chi connectivity index (χ3n) is 4.79. The Bertz CT molecular complexity index is 689. The first-order valence-electron chi connectivity index (χ1n) is 8.48. The molecular weight excluding hydrogens is 332 g/mol. The quantitative estimate of drug-likeness (QED) is 0.767. The van der Waals surface area contributed by atoms with Gasteiger partial charge in [0.2, 0.25) is 0 Å². The van der Waals surface area contributed by atoms with Crippen LogP contribution >= 0.6 is 0 Å². The van der Waals surface area contributed by atoms with E-state index in [1.807, 2.05) is 0 Å². The minimum atomic E-state index is -4.30. The zero-order valence-electron chi connectivity index (χ0n) is 13.9. The number of piperazine rings is 1. The molecule has 134 valence electrons. The third-order valence-corrected chi connectivity index (χ3v) is 4.79. The van der Waals surface area contributed by atoms with Crippen LogP contribution in [0.3, 0.4) is 0 Å². The lowest BCUT2D eigenvalue weighted by atomic mass is 10.1. The van der Waals surface area contributed by atoms with Gasteiger partial charge in [-0.15, -0.1) is 0 Å². The lowest BCUT2D eigenvalue weighted by Crippen LogP contribution is -3.27. The van der Waals surface area contributed by atoms with Crippen LogP contribution in [0.2, 0.25) is 0 Å². The van der Waals surface area contributed by atoms with Crippen molar-refractivity contribution >= 4 is 0 Å². The standard InChI is InChI=1S/C19H20F4N2/c20-17-7-5-15(6-8-17)13-24-9-11-25(12-10-24)14-16-3-1-2-4-18(16)19(21,22)23/h1-8H,9-14H2/p+2. The smallest absolute Gasteiger partial charge is 0.322 e. The normalized spacial score (nSPS) is 21.3. The maximum absolute atomic E-state index is 13.1. The maximum atomic E-state index is 13.1. The number of quaternary nitrogens is 2. The summed E-state index contributed by atoms with van der Waals surface area (Å²) in [4.78, 5) is 2.57. The molecule has 25 heavy (non-hydrogen) atoms. The van der Waals surface area contributed by atoms with Gasteiger partial charge in [-0.2, -0.15) is 13.2 Å².